The van der Waals surface area contributed by atoms with E-state index in [1.54, 1.807) is 0 Å². The Hall–Kier alpha value is -3.36. The lowest BCUT2D eigenvalue weighted by Gasteiger charge is -2.07. The Morgan fingerprint density at radius 1 is 1.09 bits per heavy atom. The third kappa shape index (κ3) is 2.98. The fourth-order valence-electron chi connectivity index (χ4n) is 1.91. The first-order valence-corrected chi connectivity index (χ1v) is 6.03. The first-order valence-electron chi connectivity index (χ1n) is 6.03. The van der Waals surface area contributed by atoms with Gasteiger partial charge in [-0.1, -0.05) is 0 Å². The van der Waals surface area contributed by atoms with Gasteiger partial charge in [0.25, 0.3) is 5.69 Å². The van der Waals surface area contributed by atoms with Gasteiger partial charge in [-0.05, 0) is 24.3 Å². The van der Waals surface area contributed by atoms with E-state index in [0.717, 1.165) is 18.2 Å². The Labute approximate surface area is 127 Å². The predicted molar refractivity (Wildman–Crippen MR) is 74.3 cm³/mol. The quantitative estimate of drug-likeness (QED) is 0.385. The molecule has 2 aromatic rings. The Morgan fingerprint density at radius 2 is 1.65 bits per heavy atom. The molecule has 7 nitrogen and oxygen atoms in total. The van der Waals surface area contributed by atoms with Crippen molar-refractivity contribution < 1.29 is 28.4 Å². The van der Waals surface area contributed by atoms with Crippen molar-refractivity contribution in [3.05, 3.63) is 68.8 Å². The molecule has 3 N–H and O–H groups in total. The second kappa shape index (κ2) is 5.79. The molecule has 0 fully saturated rings. The predicted octanol–water partition coefficient (Wildman–Crippen LogP) is 2.38. The van der Waals surface area contributed by atoms with E-state index >= 15 is 0 Å². The number of nitrogen functional groups attached to an aromatic ring is 1. The summed E-state index contributed by atoms with van der Waals surface area (Å²) < 4.78 is 26.5. The van der Waals surface area contributed by atoms with Crippen LogP contribution in [0.15, 0.2) is 30.3 Å². The van der Waals surface area contributed by atoms with Crippen LogP contribution in [0.5, 0.6) is 0 Å². The second-order valence-electron chi connectivity index (χ2n) is 4.48. The number of ketones is 1. The van der Waals surface area contributed by atoms with Gasteiger partial charge in [0.1, 0.15) is 5.69 Å². The van der Waals surface area contributed by atoms with E-state index < -0.39 is 45.1 Å². The number of carbonyl (C=O) groups excluding carboxylic acids is 1. The van der Waals surface area contributed by atoms with E-state index in [9.17, 15) is 28.5 Å². The summed E-state index contributed by atoms with van der Waals surface area (Å²) in [7, 11) is 0. The van der Waals surface area contributed by atoms with Crippen LogP contribution < -0.4 is 5.73 Å². The Kier molecular flexibility index (Phi) is 4.04. The first-order chi connectivity index (χ1) is 10.7. The Bertz CT molecular complexity index is 851. The largest absolute Gasteiger partial charge is 0.478 e. The number of hydrogen-bond acceptors (Lipinski definition) is 5. The van der Waals surface area contributed by atoms with Gasteiger partial charge < -0.3 is 10.8 Å². The highest BCUT2D eigenvalue weighted by Gasteiger charge is 2.23. The lowest BCUT2D eigenvalue weighted by Crippen LogP contribution is -2.12. The maximum absolute atomic E-state index is 13.3. The van der Waals surface area contributed by atoms with Crippen LogP contribution in [0, 0.1) is 21.7 Å². The molecule has 0 spiro atoms. The van der Waals surface area contributed by atoms with E-state index in [0.29, 0.717) is 12.1 Å². The Morgan fingerprint density at radius 3 is 2.17 bits per heavy atom. The topological polar surface area (TPSA) is 124 Å². The number of nitro groups is 1. The number of benzene rings is 2. The maximum Gasteiger partial charge on any atom is 0.336 e. The molecular weight excluding hydrogens is 314 g/mol. The molecule has 0 amide bonds. The average molecular weight is 322 g/mol. The van der Waals surface area contributed by atoms with Gasteiger partial charge in [-0.25, -0.2) is 13.6 Å². The normalized spacial score (nSPS) is 10.3. The molecule has 0 aliphatic carbocycles. The summed E-state index contributed by atoms with van der Waals surface area (Å²) in [5.74, 6) is -5.49. The van der Waals surface area contributed by atoms with Crippen molar-refractivity contribution in [2.75, 3.05) is 5.73 Å². The minimum Gasteiger partial charge on any atom is -0.478 e. The van der Waals surface area contributed by atoms with E-state index in [-0.39, 0.29) is 11.3 Å². The van der Waals surface area contributed by atoms with E-state index in [1.807, 2.05) is 0 Å². The van der Waals surface area contributed by atoms with Gasteiger partial charge in [0.2, 0.25) is 0 Å². The van der Waals surface area contributed by atoms with Crippen molar-refractivity contribution in [1.82, 2.24) is 0 Å². The van der Waals surface area contributed by atoms with Crippen molar-refractivity contribution in [2.24, 2.45) is 0 Å². The monoisotopic (exact) mass is 322 g/mol. The highest BCUT2D eigenvalue weighted by molar-refractivity contribution is 6.14. The molecular formula is C14H8F2N2O5. The van der Waals surface area contributed by atoms with Crippen molar-refractivity contribution in [3.63, 3.8) is 0 Å². The van der Waals surface area contributed by atoms with Crippen LogP contribution >= 0.6 is 0 Å². The van der Waals surface area contributed by atoms with Crippen LogP contribution in [0.4, 0.5) is 20.2 Å². The number of hydrogen-bond donors (Lipinski definition) is 2. The summed E-state index contributed by atoms with van der Waals surface area (Å²) in [6.45, 7) is 0. The van der Waals surface area contributed by atoms with Crippen molar-refractivity contribution in [3.8, 4) is 0 Å². The van der Waals surface area contributed by atoms with Gasteiger partial charge in [0, 0.05) is 17.2 Å². The SMILES string of the molecule is Nc1ccc(C(=O)c2cc(F)c(F)cc2C(=O)O)cc1[N+](=O)[O-]. The van der Waals surface area contributed by atoms with Gasteiger partial charge in [0.05, 0.1) is 10.5 Å². The molecule has 118 valence electrons. The number of carboxylic acids is 1. The number of carboxylic acid groups (broad SMARTS) is 1. The molecule has 0 heterocycles. The molecule has 0 saturated carbocycles. The van der Waals surface area contributed by atoms with Gasteiger partial charge >= 0.3 is 5.97 Å². The van der Waals surface area contributed by atoms with Crippen LogP contribution in [0.2, 0.25) is 0 Å². The van der Waals surface area contributed by atoms with Crippen LogP contribution in [0.1, 0.15) is 26.3 Å². The fraction of sp³-hybridized carbons (Fsp3) is 0. The number of carbonyl (C=O) groups is 2. The van der Waals surface area contributed by atoms with Gasteiger partial charge in [0.15, 0.2) is 17.4 Å². The summed E-state index contributed by atoms with van der Waals surface area (Å²) in [5, 5.41) is 19.8. The zero-order valence-corrected chi connectivity index (χ0v) is 11.2. The number of rotatable bonds is 4. The van der Waals surface area contributed by atoms with Crippen LogP contribution in [0.25, 0.3) is 0 Å². The number of halogens is 2. The summed E-state index contributed by atoms with van der Waals surface area (Å²) in [4.78, 5) is 33.4. The molecule has 0 saturated heterocycles. The standard InChI is InChI=1S/C14H8F2N2O5/c15-9-4-7(8(14(20)21)5-10(9)16)13(19)6-1-2-11(17)12(3-6)18(22)23/h1-5H,17H2,(H,20,21). The molecule has 0 aromatic heterocycles. The lowest BCUT2D eigenvalue weighted by molar-refractivity contribution is -0.383. The van der Waals surface area contributed by atoms with Crippen LogP contribution in [-0.2, 0) is 0 Å². The maximum atomic E-state index is 13.3. The van der Waals surface area contributed by atoms with E-state index in [1.165, 1.54) is 0 Å². The smallest absolute Gasteiger partial charge is 0.336 e. The average Bonchev–Trinajstić information content (AvgIpc) is 2.48. The third-order valence-electron chi connectivity index (χ3n) is 3.02. The van der Waals surface area contributed by atoms with Gasteiger partial charge in [-0.15, -0.1) is 0 Å². The zero-order valence-electron chi connectivity index (χ0n) is 11.2. The minimum atomic E-state index is -1.64. The molecule has 23 heavy (non-hydrogen) atoms. The fourth-order valence-corrected chi connectivity index (χ4v) is 1.91. The number of nitro benzene ring substituents is 1. The molecule has 9 heteroatoms. The highest BCUT2D eigenvalue weighted by Crippen LogP contribution is 2.25. The molecule has 2 aromatic carbocycles. The van der Waals surface area contributed by atoms with Crippen molar-refractivity contribution in [2.45, 2.75) is 0 Å². The zero-order chi connectivity index (χ0) is 17.3. The lowest BCUT2D eigenvalue weighted by atomic mass is 9.97. The summed E-state index contributed by atoms with van der Waals surface area (Å²) in [6.07, 6.45) is 0. The molecule has 2 rings (SSSR count). The summed E-state index contributed by atoms with van der Waals surface area (Å²) in [6, 6.07) is 3.85. The number of nitrogens with zero attached hydrogens (tertiary/aromatic N) is 1. The second-order valence-corrected chi connectivity index (χ2v) is 4.48. The highest BCUT2D eigenvalue weighted by atomic mass is 19.2. The minimum absolute atomic E-state index is 0.199. The summed E-state index contributed by atoms with van der Waals surface area (Å²) in [5.41, 5.74) is 2.97. The third-order valence-corrected chi connectivity index (χ3v) is 3.02. The van der Waals surface area contributed by atoms with Crippen LogP contribution in [-0.4, -0.2) is 21.8 Å². The van der Waals surface area contributed by atoms with E-state index in [2.05, 4.69) is 0 Å². The van der Waals surface area contributed by atoms with Crippen molar-refractivity contribution in [1.29, 1.82) is 0 Å². The molecule has 0 aliphatic rings. The molecule has 0 unspecified atom stereocenters. The number of nitrogens with two attached hydrogens (primary N) is 1. The molecule has 0 aliphatic heterocycles. The van der Waals surface area contributed by atoms with Gasteiger partial charge in [-0.3, -0.25) is 14.9 Å². The summed E-state index contributed by atoms with van der Waals surface area (Å²) >= 11 is 0. The number of anilines is 1. The van der Waals surface area contributed by atoms with Crippen LogP contribution in [0.3, 0.4) is 0 Å². The molecule has 0 radical (unpaired) electrons. The number of aromatic carboxylic acids is 1. The van der Waals surface area contributed by atoms with Crippen molar-refractivity contribution >= 4 is 23.1 Å². The van der Waals surface area contributed by atoms with E-state index in [4.69, 9.17) is 10.8 Å². The molecule has 0 bridgehead atoms. The molecule has 0 atom stereocenters. The van der Waals surface area contributed by atoms with Gasteiger partial charge in [-0.2, -0.15) is 0 Å². The Balaban J connectivity index is 2.62. The first kappa shape index (κ1) is 16.0.